The third kappa shape index (κ3) is 5.07. The van der Waals surface area contributed by atoms with Crippen LogP contribution in [0.2, 0.25) is 0 Å². The van der Waals surface area contributed by atoms with Crippen molar-refractivity contribution in [3.63, 3.8) is 0 Å². The molecule has 0 heterocycles. The second-order valence-electron chi connectivity index (χ2n) is 7.41. The van der Waals surface area contributed by atoms with Gasteiger partial charge >= 0.3 is 0 Å². The van der Waals surface area contributed by atoms with Crippen LogP contribution in [0.1, 0.15) is 16.7 Å². The lowest BCUT2D eigenvalue weighted by atomic mass is 10.1. The van der Waals surface area contributed by atoms with Crippen LogP contribution in [0.5, 0.6) is 0 Å². The molecule has 0 bridgehead atoms. The quantitative estimate of drug-likeness (QED) is 0.575. The molecule has 0 aliphatic heterocycles. The molecule has 0 radical (unpaired) electrons. The molecule has 0 saturated carbocycles. The average Bonchev–Trinajstić information content (AvgIpc) is 2.72. The van der Waals surface area contributed by atoms with E-state index in [0.717, 1.165) is 16.7 Å². The largest absolute Gasteiger partial charge is 0.340 e. The minimum absolute atomic E-state index is 0.155. The molecule has 0 N–H and O–H groups in total. The minimum Gasteiger partial charge on any atom is -0.340 e. The van der Waals surface area contributed by atoms with Crippen molar-refractivity contribution in [2.75, 3.05) is 17.9 Å². The number of amides is 1. The highest BCUT2D eigenvalue weighted by molar-refractivity contribution is 7.92. The number of anilines is 1. The van der Waals surface area contributed by atoms with Crippen LogP contribution in [-0.2, 0) is 21.4 Å². The molecule has 0 aliphatic rings. The van der Waals surface area contributed by atoms with Gasteiger partial charge in [-0.2, -0.15) is 0 Å². The van der Waals surface area contributed by atoms with Crippen LogP contribution in [0.3, 0.4) is 0 Å². The number of benzene rings is 3. The molecule has 1 amide bonds. The van der Waals surface area contributed by atoms with Gasteiger partial charge in [-0.15, -0.1) is 0 Å². The van der Waals surface area contributed by atoms with Gasteiger partial charge in [-0.05, 0) is 54.8 Å². The van der Waals surface area contributed by atoms with Crippen LogP contribution >= 0.6 is 0 Å². The minimum atomic E-state index is -3.90. The number of carbonyl (C=O) groups is 1. The molecule has 0 aliphatic carbocycles. The van der Waals surface area contributed by atoms with E-state index in [9.17, 15) is 13.2 Å². The van der Waals surface area contributed by atoms with Crippen molar-refractivity contribution in [2.45, 2.75) is 25.3 Å². The van der Waals surface area contributed by atoms with Crippen LogP contribution in [0.4, 0.5) is 5.69 Å². The fourth-order valence-electron chi connectivity index (χ4n) is 3.32. The standard InChI is InChI=1S/C24H26N2O3S/c1-19-14-20(2)16-22(15-19)26(30(28,29)23-12-8-5-9-13-23)18-24(27)25(3)17-21-10-6-4-7-11-21/h4-16H,17-18H2,1-3H3. The van der Waals surface area contributed by atoms with E-state index in [-0.39, 0.29) is 17.3 Å². The lowest BCUT2D eigenvalue weighted by Gasteiger charge is -2.27. The Hall–Kier alpha value is -3.12. The van der Waals surface area contributed by atoms with Gasteiger partial charge in [0.15, 0.2) is 0 Å². The number of hydrogen-bond acceptors (Lipinski definition) is 3. The van der Waals surface area contributed by atoms with E-state index in [0.29, 0.717) is 12.2 Å². The molecular weight excluding hydrogens is 396 g/mol. The first-order valence-corrected chi connectivity index (χ1v) is 11.2. The highest BCUT2D eigenvalue weighted by atomic mass is 32.2. The smallest absolute Gasteiger partial charge is 0.264 e. The molecule has 3 aromatic carbocycles. The molecule has 6 heteroatoms. The van der Waals surface area contributed by atoms with Crippen molar-refractivity contribution in [2.24, 2.45) is 0 Å². The van der Waals surface area contributed by atoms with Crippen molar-refractivity contribution in [1.82, 2.24) is 4.90 Å². The van der Waals surface area contributed by atoms with Gasteiger partial charge in [0.1, 0.15) is 6.54 Å². The molecule has 5 nitrogen and oxygen atoms in total. The number of carbonyl (C=O) groups excluding carboxylic acids is 1. The topological polar surface area (TPSA) is 57.7 Å². The first-order valence-electron chi connectivity index (χ1n) is 9.71. The molecule has 0 aromatic heterocycles. The first-order chi connectivity index (χ1) is 14.3. The monoisotopic (exact) mass is 422 g/mol. The normalized spacial score (nSPS) is 11.2. The third-order valence-electron chi connectivity index (χ3n) is 4.79. The summed E-state index contributed by atoms with van der Waals surface area (Å²) >= 11 is 0. The molecule has 156 valence electrons. The Morgan fingerprint density at radius 1 is 0.833 bits per heavy atom. The predicted molar refractivity (Wildman–Crippen MR) is 120 cm³/mol. The maximum atomic E-state index is 13.4. The Morgan fingerprint density at radius 3 is 1.93 bits per heavy atom. The fourth-order valence-corrected chi connectivity index (χ4v) is 4.74. The number of hydrogen-bond donors (Lipinski definition) is 0. The summed E-state index contributed by atoms with van der Waals surface area (Å²) in [6.45, 7) is 3.95. The molecule has 0 saturated heterocycles. The van der Waals surface area contributed by atoms with Gasteiger partial charge < -0.3 is 4.90 Å². The fraction of sp³-hybridized carbons (Fsp3) is 0.208. The number of nitrogens with zero attached hydrogens (tertiary/aromatic N) is 2. The predicted octanol–water partition coefficient (Wildman–Crippen LogP) is 4.16. The van der Waals surface area contributed by atoms with Gasteiger partial charge in [-0.3, -0.25) is 9.10 Å². The van der Waals surface area contributed by atoms with E-state index in [1.54, 1.807) is 54.4 Å². The summed E-state index contributed by atoms with van der Waals surface area (Å²) in [6.07, 6.45) is 0. The van der Waals surface area contributed by atoms with Gasteiger partial charge in [0.05, 0.1) is 10.6 Å². The SMILES string of the molecule is Cc1cc(C)cc(N(CC(=O)N(C)Cc2ccccc2)S(=O)(=O)c2ccccc2)c1. The highest BCUT2D eigenvalue weighted by Crippen LogP contribution is 2.26. The van der Waals surface area contributed by atoms with Gasteiger partial charge in [0.25, 0.3) is 10.0 Å². The Morgan fingerprint density at radius 2 is 1.37 bits per heavy atom. The summed E-state index contributed by atoms with van der Waals surface area (Å²) in [4.78, 5) is 14.7. The number of sulfonamides is 1. The van der Waals surface area contributed by atoms with Crippen molar-refractivity contribution in [1.29, 1.82) is 0 Å². The van der Waals surface area contributed by atoms with Crippen molar-refractivity contribution >= 4 is 21.6 Å². The zero-order valence-corrected chi connectivity index (χ0v) is 18.3. The zero-order valence-electron chi connectivity index (χ0n) is 17.4. The summed E-state index contributed by atoms with van der Waals surface area (Å²) in [5.41, 5.74) is 3.33. The van der Waals surface area contributed by atoms with E-state index in [1.807, 2.05) is 50.2 Å². The Labute approximate surface area is 178 Å². The lowest BCUT2D eigenvalue weighted by molar-refractivity contribution is -0.128. The molecule has 0 spiro atoms. The lowest BCUT2D eigenvalue weighted by Crippen LogP contribution is -2.41. The number of aryl methyl sites for hydroxylation is 2. The second-order valence-corrected chi connectivity index (χ2v) is 9.27. The van der Waals surface area contributed by atoms with E-state index < -0.39 is 10.0 Å². The Kier molecular flexibility index (Phi) is 6.57. The first kappa shape index (κ1) is 21.6. The summed E-state index contributed by atoms with van der Waals surface area (Å²) in [6, 6.07) is 23.4. The van der Waals surface area contributed by atoms with Gasteiger partial charge in [0, 0.05) is 13.6 Å². The summed E-state index contributed by atoms with van der Waals surface area (Å²) in [5.74, 6) is -0.280. The zero-order chi connectivity index (χ0) is 21.7. The maximum Gasteiger partial charge on any atom is 0.264 e. The molecule has 3 rings (SSSR count). The van der Waals surface area contributed by atoms with Gasteiger partial charge in [-0.25, -0.2) is 8.42 Å². The maximum absolute atomic E-state index is 13.4. The molecule has 3 aromatic rings. The van der Waals surface area contributed by atoms with Gasteiger partial charge in [-0.1, -0.05) is 54.6 Å². The van der Waals surface area contributed by atoms with E-state index in [2.05, 4.69) is 0 Å². The van der Waals surface area contributed by atoms with Crippen LogP contribution < -0.4 is 4.31 Å². The summed E-state index contributed by atoms with van der Waals surface area (Å²) < 4.78 is 28.1. The molecule has 30 heavy (non-hydrogen) atoms. The van der Waals surface area contributed by atoms with Crippen LogP contribution in [0.15, 0.2) is 83.8 Å². The number of rotatable bonds is 7. The Balaban J connectivity index is 1.94. The number of likely N-dealkylation sites (N-methyl/N-ethyl adjacent to an activating group) is 1. The van der Waals surface area contributed by atoms with Crippen molar-refractivity contribution in [3.8, 4) is 0 Å². The van der Waals surface area contributed by atoms with Crippen LogP contribution in [-0.4, -0.2) is 32.8 Å². The van der Waals surface area contributed by atoms with E-state index in [1.165, 1.54) is 4.31 Å². The van der Waals surface area contributed by atoms with E-state index >= 15 is 0 Å². The molecular formula is C24H26N2O3S. The van der Waals surface area contributed by atoms with Crippen LogP contribution in [0.25, 0.3) is 0 Å². The molecule has 0 atom stereocenters. The van der Waals surface area contributed by atoms with Crippen LogP contribution in [0, 0.1) is 13.8 Å². The molecule has 0 unspecified atom stereocenters. The molecule has 0 fully saturated rings. The van der Waals surface area contributed by atoms with Crippen molar-refractivity contribution in [3.05, 3.63) is 95.6 Å². The van der Waals surface area contributed by atoms with E-state index in [4.69, 9.17) is 0 Å². The third-order valence-corrected chi connectivity index (χ3v) is 6.58. The summed E-state index contributed by atoms with van der Waals surface area (Å²) in [5, 5.41) is 0. The van der Waals surface area contributed by atoms with Gasteiger partial charge in [0.2, 0.25) is 5.91 Å². The average molecular weight is 423 g/mol. The highest BCUT2D eigenvalue weighted by Gasteiger charge is 2.28. The second kappa shape index (κ2) is 9.13. The van der Waals surface area contributed by atoms with Crippen molar-refractivity contribution < 1.29 is 13.2 Å². The summed E-state index contributed by atoms with van der Waals surface area (Å²) in [7, 11) is -2.22. The Bertz CT molecular complexity index is 1090.